The molecule has 1 aromatic heterocycles. The van der Waals surface area contributed by atoms with E-state index in [-0.39, 0.29) is 5.41 Å². The Balaban J connectivity index is 1.77. The first-order chi connectivity index (χ1) is 9.45. The molecule has 0 bridgehead atoms. The monoisotopic (exact) mass is 273 g/mol. The van der Waals surface area contributed by atoms with Crippen molar-refractivity contribution in [1.29, 1.82) is 0 Å². The van der Waals surface area contributed by atoms with Crippen molar-refractivity contribution in [2.45, 2.75) is 51.2 Å². The van der Waals surface area contributed by atoms with Crippen molar-refractivity contribution in [1.82, 2.24) is 5.32 Å². The Labute approximate surface area is 120 Å². The molecule has 3 rings (SSSR count). The van der Waals surface area contributed by atoms with Gasteiger partial charge in [0.25, 0.3) is 0 Å². The number of benzene rings is 1. The molecule has 1 saturated carbocycles. The van der Waals surface area contributed by atoms with Crippen LogP contribution < -0.4 is 10.1 Å². The van der Waals surface area contributed by atoms with Gasteiger partial charge in [0.15, 0.2) is 0 Å². The number of rotatable bonds is 3. The van der Waals surface area contributed by atoms with Crippen LogP contribution in [0.3, 0.4) is 0 Å². The fourth-order valence-corrected chi connectivity index (χ4v) is 2.54. The van der Waals surface area contributed by atoms with Gasteiger partial charge >= 0.3 is 0 Å². The average molecular weight is 273 g/mol. The van der Waals surface area contributed by atoms with Gasteiger partial charge < -0.3 is 14.5 Å². The van der Waals surface area contributed by atoms with E-state index in [2.05, 4.69) is 38.2 Å². The van der Waals surface area contributed by atoms with E-state index in [1.807, 2.05) is 19.2 Å². The van der Waals surface area contributed by atoms with Gasteiger partial charge in [-0.05, 0) is 38.1 Å². The van der Waals surface area contributed by atoms with Gasteiger partial charge in [0.05, 0.1) is 0 Å². The summed E-state index contributed by atoms with van der Waals surface area (Å²) in [6.45, 7) is 6.48. The highest BCUT2D eigenvalue weighted by Crippen LogP contribution is 2.32. The minimum absolute atomic E-state index is 0.0357. The van der Waals surface area contributed by atoms with Gasteiger partial charge in [0.2, 0.25) is 0 Å². The Morgan fingerprint density at radius 1 is 1.20 bits per heavy atom. The van der Waals surface area contributed by atoms with Crippen LogP contribution in [-0.4, -0.2) is 19.2 Å². The molecule has 0 aliphatic heterocycles. The molecule has 0 radical (unpaired) electrons. The molecule has 0 spiro atoms. The summed E-state index contributed by atoms with van der Waals surface area (Å²) in [5.74, 6) is 1.93. The molecule has 1 fully saturated rings. The van der Waals surface area contributed by atoms with Crippen molar-refractivity contribution in [3.8, 4) is 5.75 Å². The lowest BCUT2D eigenvalue weighted by atomic mass is 9.89. The summed E-state index contributed by atoms with van der Waals surface area (Å²) >= 11 is 0. The molecule has 3 nitrogen and oxygen atoms in total. The summed E-state index contributed by atoms with van der Waals surface area (Å²) < 4.78 is 11.9. The Bertz CT molecular complexity index is 603. The second kappa shape index (κ2) is 4.81. The van der Waals surface area contributed by atoms with Crippen LogP contribution in [0.1, 0.15) is 39.4 Å². The van der Waals surface area contributed by atoms with Gasteiger partial charge in [0.1, 0.15) is 23.2 Å². The highest BCUT2D eigenvalue weighted by atomic mass is 16.5. The van der Waals surface area contributed by atoms with E-state index >= 15 is 0 Å². The summed E-state index contributed by atoms with van der Waals surface area (Å²) in [5, 5.41) is 4.41. The van der Waals surface area contributed by atoms with Crippen molar-refractivity contribution in [2.24, 2.45) is 0 Å². The third-order valence-electron chi connectivity index (χ3n) is 4.04. The predicted octanol–water partition coefficient (Wildman–Crippen LogP) is 3.86. The summed E-state index contributed by atoms with van der Waals surface area (Å²) in [6.07, 6.45) is 2.50. The fraction of sp³-hybridized carbons (Fsp3) is 0.529. The molecule has 108 valence electrons. The quantitative estimate of drug-likeness (QED) is 0.922. The van der Waals surface area contributed by atoms with Crippen LogP contribution in [0.15, 0.2) is 28.7 Å². The van der Waals surface area contributed by atoms with Crippen molar-refractivity contribution in [3.63, 3.8) is 0 Å². The molecule has 1 aliphatic carbocycles. The van der Waals surface area contributed by atoms with E-state index in [9.17, 15) is 0 Å². The Kier molecular flexibility index (Phi) is 3.25. The highest BCUT2D eigenvalue weighted by Gasteiger charge is 2.29. The molecule has 0 amide bonds. The van der Waals surface area contributed by atoms with Crippen LogP contribution in [0, 0.1) is 0 Å². The lowest BCUT2D eigenvalue weighted by Crippen LogP contribution is -2.45. The van der Waals surface area contributed by atoms with E-state index < -0.39 is 0 Å². The second-order valence-corrected chi connectivity index (χ2v) is 6.76. The van der Waals surface area contributed by atoms with Crippen LogP contribution in [0.5, 0.6) is 5.75 Å². The zero-order valence-electron chi connectivity index (χ0n) is 12.7. The summed E-state index contributed by atoms with van der Waals surface area (Å²) in [6, 6.07) is 8.87. The van der Waals surface area contributed by atoms with E-state index in [0.29, 0.717) is 12.1 Å². The highest BCUT2D eigenvalue weighted by molar-refractivity contribution is 5.79. The summed E-state index contributed by atoms with van der Waals surface area (Å²) in [7, 11) is 2.00. The lowest BCUT2D eigenvalue weighted by molar-refractivity contribution is 0.0885. The molecule has 1 N–H and O–H groups in total. The minimum Gasteiger partial charge on any atom is -0.490 e. The van der Waals surface area contributed by atoms with E-state index in [0.717, 1.165) is 35.3 Å². The molecule has 1 aliphatic rings. The standard InChI is InChI=1S/C17H23NO2/c1-17(2,3)16-7-11-5-6-13(10-15(11)20-16)19-14-8-12(9-14)18-4/h5-7,10,12,14,18H,8-9H2,1-4H3. The smallest absolute Gasteiger partial charge is 0.137 e. The number of ether oxygens (including phenoxy) is 1. The zero-order valence-corrected chi connectivity index (χ0v) is 12.7. The van der Waals surface area contributed by atoms with Crippen molar-refractivity contribution in [2.75, 3.05) is 7.05 Å². The molecule has 20 heavy (non-hydrogen) atoms. The van der Waals surface area contributed by atoms with Gasteiger partial charge in [-0.3, -0.25) is 0 Å². The largest absolute Gasteiger partial charge is 0.490 e. The first-order valence-corrected chi connectivity index (χ1v) is 7.34. The number of furan rings is 1. The Hall–Kier alpha value is -1.48. The SMILES string of the molecule is CNC1CC(Oc2ccc3cc(C(C)(C)C)oc3c2)C1. The number of fused-ring (bicyclic) bond motifs is 1. The summed E-state index contributed by atoms with van der Waals surface area (Å²) in [5.41, 5.74) is 0.950. The van der Waals surface area contributed by atoms with Crippen LogP contribution in [0.4, 0.5) is 0 Å². The number of nitrogens with one attached hydrogen (secondary N) is 1. The average Bonchev–Trinajstić information content (AvgIpc) is 2.76. The first-order valence-electron chi connectivity index (χ1n) is 7.34. The predicted molar refractivity (Wildman–Crippen MR) is 81.4 cm³/mol. The van der Waals surface area contributed by atoms with Gasteiger partial charge in [-0.1, -0.05) is 20.8 Å². The normalized spacial score (nSPS) is 22.8. The van der Waals surface area contributed by atoms with E-state index in [4.69, 9.17) is 9.15 Å². The van der Waals surface area contributed by atoms with Gasteiger partial charge in [-0.15, -0.1) is 0 Å². The molecule has 3 heteroatoms. The van der Waals surface area contributed by atoms with Crippen molar-refractivity contribution >= 4 is 11.0 Å². The van der Waals surface area contributed by atoms with Crippen LogP contribution >= 0.6 is 0 Å². The Morgan fingerprint density at radius 3 is 2.60 bits per heavy atom. The maximum absolute atomic E-state index is 5.99. The molecule has 0 unspecified atom stereocenters. The first kappa shape index (κ1) is 13.5. The maximum Gasteiger partial charge on any atom is 0.137 e. The maximum atomic E-state index is 5.99. The van der Waals surface area contributed by atoms with Crippen LogP contribution in [0.25, 0.3) is 11.0 Å². The van der Waals surface area contributed by atoms with E-state index in [1.165, 1.54) is 0 Å². The molecule has 0 atom stereocenters. The third kappa shape index (κ3) is 2.55. The van der Waals surface area contributed by atoms with E-state index in [1.54, 1.807) is 0 Å². The molecule has 1 aromatic carbocycles. The summed E-state index contributed by atoms with van der Waals surface area (Å²) in [4.78, 5) is 0. The molecule has 1 heterocycles. The van der Waals surface area contributed by atoms with Gasteiger partial charge in [-0.2, -0.15) is 0 Å². The van der Waals surface area contributed by atoms with Crippen molar-refractivity contribution < 1.29 is 9.15 Å². The van der Waals surface area contributed by atoms with Crippen LogP contribution in [-0.2, 0) is 5.41 Å². The number of hydrogen-bond acceptors (Lipinski definition) is 3. The number of hydrogen-bond donors (Lipinski definition) is 1. The van der Waals surface area contributed by atoms with Gasteiger partial charge in [-0.25, -0.2) is 0 Å². The zero-order chi connectivity index (χ0) is 14.3. The van der Waals surface area contributed by atoms with Crippen LogP contribution in [0.2, 0.25) is 0 Å². The second-order valence-electron chi connectivity index (χ2n) is 6.76. The molecular weight excluding hydrogens is 250 g/mol. The van der Waals surface area contributed by atoms with Crippen molar-refractivity contribution in [3.05, 3.63) is 30.0 Å². The fourth-order valence-electron chi connectivity index (χ4n) is 2.54. The topological polar surface area (TPSA) is 34.4 Å². The minimum atomic E-state index is 0.0357. The lowest BCUT2D eigenvalue weighted by Gasteiger charge is -2.35. The molecule has 2 aromatic rings. The Morgan fingerprint density at radius 2 is 1.95 bits per heavy atom. The molecule has 0 saturated heterocycles. The third-order valence-corrected chi connectivity index (χ3v) is 4.04. The molecular formula is C17H23NO2. The van der Waals surface area contributed by atoms with Gasteiger partial charge in [0, 0.05) is 22.9 Å².